The van der Waals surface area contributed by atoms with Crippen molar-refractivity contribution in [1.29, 1.82) is 0 Å². The van der Waals surface area contributed by atoms with Gasteiger partial charge in [-0.15, -0.1) is 0 Å². The van der Waals surface area contributed by atoms with Crippen LogP contribution in [0.4, 0.5) is 0 Å². The molecule has 0 amide bonds. The van der Waals surface area contributed by atoms with Crippen molar-refractivity contribution in [2.45, 2.75) is 69.9 Å². The third kappa shape index (κ3) is 2.38. The first-order chi connectivity index (χ1) is 14.8. The van der Waals surface area contributed by atoms with Crippen molar-refractivity contribution in [3.63, 3.8) is 0 Å². The zero-order valence-corrected chi connectivity index (χ0v) is 18.0. The van der Waals surface area contributed by atoms with Crippen molar-refractivity contribution in [2.75, 3.05) is 13.2 Å². The summed E-state index contributed by atoms with van der Waals surface area (Å²) in [6, 6.07) is 9.71. The average molecular weight is 428 g/mol. The summed E-state index contributed by atoms with van der Waals surface area (Å²) in [6.45, 7) is 6.37. The summed E-state index contributed by atoms with van der Waals surface area (Å²) in [5.74, 6) is -0.417. The number of hydrogen-bond donors (Lipinski definition) is 0. The minimum Gasteiger partial charge on any atom is -0.460 e. The van der Waals surface area contributed by atoms with Crippen LogP contribution in [0.25, 0.3) is 0 Å². The van der Waals surface area contributed by atoms with Gasteiger partial charge in [0, 0.05) is 23.8 Å². The third-order valence-electron chi connectivity index (χ3n) is 8.61. The number of epoxide rings is 1. The number of rotatable bonds is 2. The van der Waals surface area contributed by atoms with Gasteiger partial charge in [-0.05, 0) is 12.8 Å². The molecule has 3 saturated heterocycles. The van der Waals surface area contributed by atoms with Gasteiger partial charge in [-0.1, -0.05) is 44.2 Å². The zero-order chi connectivity index (χ0) is 21.6. The van der Waals surface area contributed by atoms with E-state index in [0.717, 1.165) is 5.56 Å². The lowest BCUT2D eigenvalue weighted by Crippen LogP contribution is -2.74. The highest BCUT2D eigenvalue weighted by atomic mass is 16.7. The third-order valence-corrected chi connectivity index (χ3v) is 8.61. The minimum absolute atomic E-state index is 0.0930. The maximum absolute atomic E-state index is 13.5. The van der Waals surface area contributed by atoms with Gasteiger partial charge in [0.25, 0.3) is 0 Å². The molecule has 3 aliphatic heterocycles. The molecule has 5 fully saturated rings. The van der Waals surface area contributed by atoms with E-state index in [1.54, 1.807) is 0 Å². The molecule has 1 aromatic carbocycles. The lowest BCUT2D eigenvalue weighted by Gasteiger charge is -2.63. The smallest absolute Gasteiger partial charge is 0.302 e. The van der Waals surface area contributed by atoms with Crippen LogP contribution in [0.3, 0.4) is 0 Å². The predicted molar refractivity (Wildman–Crippen MR) is 107 cm³/mol. The van der Waals surface area contributed by atoms with Gasteiger partial charge in [-0.25, -0.2) is 0 Å². The molecular weight excluding hydrogens is 400 g/mol. The number of Topliss-reactive ketones (excluding diaryl/α,β-unsaturated/α-hetero) is 1. The molecule has 7 nitrogen and oxygen atoms in total. The topological polar surface area (TPSA) is 83.6 Å². The van der Waals surface area contributed by atoms with Gasteiger partial charge in [0.1, 0.15) is 23.9 Å². The summed E-state index contributed by atoms with van der Waals surface area (Å²) in [5.41, 5.74) is -0.851. The van der Waals surface area contributed by atoms with Crippen molar-refractivity contribution in [3.05, 3.63) is 35.9 Å². The number of ether oxygens (including phenoxy) is 5. The SMILES string of the molecule is CC(=O)O[C@@H]1C[C@@]2(C)C3(CO3)C1OC1C[C@@H](C)C(=O)[C@H]3OC(c4ccccc4)OC[C@@]132. The first-order valence-electron chi connectivity index (χ1n) is 11.1. The van der Waals surface area contributed by atoms with E-state index >= 15 is 0 Å². The standard InChI is InChI=1S/C24H28O7/c1-13-9-17-23(11-27-21(31-20(23)18(13)26)15-7-5-4-6-8-15)22(3)10-16(29-14(2)25)19(30-17)24(22)12-28-24/h4-8,13,16-17,19-21H,9-12H2,1-3H3/t13-,16-,17?,19?,20-,21?,22-,23-,24?/m1/s1. The van der Waals surface area contributed by atoms with E-state index in [1.807, 2.05) is 37.3 Å². The van der Waals surface area contributed by atoms with Crippen LogP contribution in [-0.4, -0.2) is 55.0 Å². The van der Waals surface area contributed by atoms with Gasteiger partial charge in [0.15, 0.2) is 12.1 Å². The summed E-state index contributed by atoms with van der Waals surface area (Å²) >= 11 is 0. The van der Waals surface area contributed by atoms with Crippen molar-refractivity contribution in [2.24, 2.45) is 16.7 Å². The van der Waals surface area contributed by atoms with Crippen LogP contribution in [-0.2, 0) is 33.3 Å². The summed E-state index contributed by atoms with van der Waals surface area (Å²) in [5, 5.41) is 0. The van der Waals surface area contributed by atoms with Crippen molar-refractivity contribution in [1.82, 2.24) is 0 Å². The number of benzene rings is 1. The molecule has 5 aliphatic rings. The molecule has 1 aromatic rings. The fraction of sp³-hybridized carbons (Fsp3) is 0.667. The molecule has 7 heteroatoms. The van der Waals surface area contributed by atoms with Crippen LogP contribution < -0.4 is 0 Å². The molecule has 2 aliphatic carbocycles. The normalized spacial score (nSPS) is 50.0. The monoisotopic (exact) mass is 428 g/mol. The van der Waals surface area contributed by atoms with Gasteiger partial charge in [0.05, 0.1) is 24.7 Å². The fourth-order valence-corrected chi connectivity index (χ4v) is 6.96. The molecule has 2 saturated carbocycles. The van der Waals surface area contributed by atoms with Crippen molar-refractivity contribution >= 4 is 11.8 Å². The molecule has 0 aromatic heterocycles. The second-order valence-electron chi connectivity index (χ2n) is 10.1. The van der Waals surface area contributed by atoms with E-state index in [2.05, 4.69) is 6.92 Å². The van der Waals surface area contributed by atoms with E-state index in [9.17, 15) is 9.59 Å². The summed E-state index contributed by atoms with van der Waals surface area (Å²) in [7, 11) is 0. The Morgan fingerprint density at radius 1 is 1.16 bits per heavy atom. The molecule has 166 valence electrons. The van der Waals surface area contributed by atoms with Crippen LogP contribution in [0.15, 0.2) is 30.3 Å². The average Bonchev–Trinajstić information content (AvgIpc) is 3.53. The second kappa shape index (κ2) is 6.38. The van der Waals surface area contributed by atoms with Crippen LogP contribution in [0.5, 0.6) is 0 Å². The number of carbonyl (C=O) groups excluding carboxylic acids is 2. The number of ketones is 1. The van der Waals surface area contributed by atoms with Crippen LogP contribution in [0.2, 0.25) is 0 Å². The van der Waals surface area contributed by atoms with Crippen LogP contribution >= 0.6 is 0 Å². The quantitative estimate of drug-likeness (QED) is 0.529. The highest BCUT2D eigenvalue weighted by Crippen LogP contribution is 2.73. The van der Waals surface area contributed by atoms with E-state index in [1.165, 1.54) is 6.92 Å². The second-order valence-corrected chi connectivity index (χ2v) is 10.1. The van der Waals surface area contributed by atoms with Crippen LogP contribution in [0, 0.1) is 16.7 Å². The Labute approximate surface area is 181 Å². The Balaban J connectivity index is 1.43. The zero-order valence-electron chi connectivity index (χ0n) is 18.0. The van der Waals surface area contributed by atoms with E-state index < -0.39 is 34.9 Å². The Morgan fingerprint density at radius 3 is 2.58 bits per heavy atom. The van der Waals surface area contributed by atoms with Gasteiger partial charge in [-0.2, -0.15) is 0 Å². The Bertz CT molecular complexity index is 927. The Kier molecular flexibility index (Phi) is 4.08. The molecule has 2 spiro atoms. The van der Waals surface area contributed by atoms with Crippen molar-refractivity contribution < 1.29 is 33.3 Å². The molecule has 4 unspecified atom stereocenters. The van der Waals surface area contributed by atoms with Gasteiger partial charge >= 0.3 is 5.97 Å². The Morgan fingerprint density at radius 2 is 1.90 bits per heavy atom. The number of carbonyl (C=O) groups is 2. The molecule has 0 N–H and O–H groups in total. The first-order valence-corrected chi connectivity index (χ1v) is 11.1. The maximum Gasteiger partial charge on any atom is 0.302 e. The minimum atomic E-state index is -0.691. The fourth-order valence-electron chi connectivity index (χ4n) is 6.96. The van der Waals surface area contributed by atoms with Gasteiger partial charge in [0.2, 0.25) is 0 Å². The van der Waals surface area contributed by atoms with E-state index in [4.69, 9.17) is 23.7 Å². The first kappa shape index (κ1) is 19.9. The lowest BCUT2D eigenvalue weighted by atomic mass is 9.49. The largest absolute Gasteiger partial charge is 0.460 e. The molecular formula is C24H28O7. The molecule has 6 rings (SSSR count). The summed E-state index contributed by atoms with van der Waals surface area (Å²) in [6.07, 6.45) is -1.06. The lowest BCUT2D eigenvalue weighted by molar-refractivity contribution is -0.348. The summed E-state index contributed by atoms with van der Waals surface area (Å²) < 4.78 is 31.2. The molecule has 31 heavy (non-hydrogen) atoms. The number of hydrogen-bond acceptors (Lipinski definition) is 7. The molecule has 0 radical (unpaired) electrons. The highest BCUT2D eigenvalue weighted by Gasteiger charge is 2.85. The van der Waals surface area contributed by atoms with Gasteiger partial charge < -0.3 is 23.7 Å². The molecule has 2 bridgehead atoms. The number of esters is 1. The molecule has 3 heterocycles. The maximum atomic E-state index is 13.5. The molecule has 9 atom stereocenters. The predicted octanol–water partition coefficient (Wildman–Crippen LogP) is 2.57. The summed E-state index contributed by atoms with van der Waals surface area (Å²) in [4.78, 5) is 25.3. The van der Waals surface area contributed by atoms with E-state index in [-0.39, 0.29) is 29.9 Å². The van der Waals surface area contributed by atoms with Gasteiger partial charge in [-0.3, -0.25) is 9.59 Å². The van der Waals surface area contributed by atoms with E-state index in [0.29, 0.717) is 26.1 Å². The Hall–Kier alpha value is -1.80. The highest BCUT2D eigenvalue weighted by molar-refractivity contribution is 5.88. The van der Waals surface area contributed by atoms with Crippen molar-refractivity contribution in [3.8, 4) is 0 Å². The van der Waals surface area contributed by atoms with Crippen LogP contribution in [0.1, 0.15) is 45.5 Å².